The summed E-state index contributed by atoms with van der Waals surface area (Å²) in [5, 5.41) is 4.63. The number of amides is 1. The predicted octanol–water partition coefficient (Wildman–Crippen LogP) is 4.32. The number of nitrogens with zero attached hydrogens (tertiary/aromatic N) is 3. The fraction of sp³-hybridized carbons (Fsp3) is 0.269. The lowest BCUT2D eigenvalue weighted by Crippen LogP contribution is -2.45. The monoisotopic (exact) mass is 494 g/mol. The van der Waals surface area contributed by atoms with E-state index in [1.54, 1.807) is 4.57 Å². The SMILES string of the molecule is O=C(NCc1ccc(F)cc1F)C1CCCN(c2nc3ccsc3c(=O)n2Cc2ccccc2)C1. The molecule has 5 rings (SSSR count). The molecule has 3 heterocycles. The summed E-state index contributed by atoms with van der Waals surface area (Å²) >= 11 is 1.37. The molecule has 0 radical (unpaired) electrons. The second-order valence-corrected chi connectivity index (χ2v) is 9.58. The lowest BCUT2D eigenvalue weighted by molar-refractivity contribution is -0.125. The smallest absolute Gasteiger partial charge is 0.273 e. The zero-order valence-electron chi connectivity index (χ0n) is 18.9. The van der Waals surface area contributed by atoms with Crippen LogP contribution in [0.1, 0.15) is 24.0 Å². The molecule has 0 aliphatic carbocycles. The van der Waals surface area contributed by atoms with Crippen molar-refractivity contribution in [1.29, 1.82) is 0 Å². The fourth-order valence-electron chi connectivity index (χ4n) is 4.45. The number of halogens is 2. The van der Waals surface area contributed by atoms with E-state index < -0.39 is 11.6 Å². The summed E-state index contributed by atoms with van der Waals surface area (Å²) in [7, 11) is 0. The van der Waals surface area contributed by atoms with E-state index in [1.165, 1.54) is 23.5 Å². The highest BCUT2D eigenvalue weighted by Gasteiger charge is 2.29. The summed E-state index contributed by atoms with van der Waals surface area (Å²) < 4.78 is 29.4. The molecule has 1 N–H and O–H groups in total. The van der Waals surface area contributed by atoms with Crippen molar-refractivity contribution in [1.82, 2.24) is 14.9 Å². The van der Waals surface area contributed by atoms with Gasteiger partial charge in [-0.3, -0.25) is 14.2 Å². The van der Waals surface area contributed by atoms with Gasteiger partial charge in [-0.2, -0.15) is 0 Å². The average Bonchev–Trinajstić information content (AvgIpc) is 3.35. The van der Waals surface area contributed by atoms with Crippen LogP contribution in [-0.2, 0) is 17.9 Å². The highest BCUT2D eigenvalue weighted by Crippen LogP contribution is 2.25. The van der Waals surface area contributed by atoms with Crippen molar-refractivity contribution in [3.05, 3.63) is 93.1 Å². The van der Waals surface area contributed by atoms with E-state index in [9.17, 15) is 18.4 Å². The maximum atomic E-state index is 13.9. The summed E-state index contributed by atoms with van der Waals surface area (Å²) in [6.07, 6.45) is 1.43. The van der Waals surface area contributed by atoms with Crippen molar-refractivity contribution >= 4 is 33.4 Å². The number of benzene rings is 2. The molecule has 35 heavy (non-hydrogen) atoms. The highest BCUT2D eigenvalue weighted by molar-refractivity contribution is 7.17. The second kappa shape index (κ2) is 9.95. The van der Waals surface area contributed by atoms with Crippen molar-refractivity contribution < 1.29 is 13.6 Å². The molecule has 1 aliphatic heterocycles. The van der Waals surface area contributed by atoms with E-state index in [1.807, 2.05) is 46.7 Å². The molecule has 1 unspecified atom stereocenters. The molecule has 0 bridgehead atoms. The first-order chi connectivity index (χ1) is 17.0. The first-order valence-electron chi connectivity index (χ1n) is 11.5. The van der Waals surface area contributed by atoms with E-state index in [0.717, 1.165) is 18.1 Å². The van der Waals surface area contributed by atoms with Crippen molar-refractivity contribution in [2.75, 3.05) is 18.0 Å². The standard InChI is InChI=1S/C26H24F2N4O2S/c27-20-9-8-18(21(28)13-20)14-29-24(33)19-7-4-11-31(16-19)26-30-22-10-12-35-23(22)25(34)32(26)15-17-5-2-1-3-6-17/h1-3,5-6,8-10,12-13,19H,4,7,11,14-16H2,(H,29,33). The third-order valence-corrected chi connectivity index (χ3v) is 7.16. The molecule has 0 spiro atoms. The van der Waals surface area contributed by atoms with Crippen LogP contribution in [0.2, 0.25) is 0 Å². The van der Waals surface area contributed by atoms with Crippen LogP contribution in [0.3, 0.4) is 0 Å². The largest absolute Gasteiger partial charge is 0.352 e. The van der Waals surface area contributed by atoms with E-state index >= 15 is 0 Å². The number of nitrogens with one attached hydrogen (secondary N) is 1. The van der Waals surface area contributed by atoms with E-state index in [-0.39, 0.29) is 29.5 Å². The normalized spacial score (nSPS) is 15.9. The van der Waals surface area contributed by atoms with E-state index in [2.05, 4.69) is 5.32 Å². The zero-order chi connectivity index (χ0) is 24.4. The van der Waals surface area contributed by atoms with Gasteiger partial charge in [-0.25, -0.2) is 13.8 Å². The summed E-state index contributed by atoms with van der Waals surface area (Å²) in [6, 6.07) is 14.9. The Labute approximate surface area is 204 Å². The minimum absolute atomic E-state index is 0.0146. The van der Waals surface area contributed by atoms with Gasteiger partial charge in [-0.15, -0.1) is 11.3 Å². The molecular weight excluding hydrogens is 470 g/mol. The number of fused-ring (bicyclic) bond motifs is 1. The highest BCUT2D eigenvalue weighted by atomic mass is 32.1. The molecule has 1 atom stereocenters. The number of carbonyl (C=O) groups excluding carboxylic acids is 1. The Morgan fingerprint density at radius 3 is 2.77 bits per heavy atom. The average molecular weight is 495 g/mol. The van der Waals surface area contributed by atoms with E-state index in [0.29, 0.717) is 42.2 Å². The Kier molecular flexibility index (Phi) is 6.59. The van der Waals surface area contributed by atoms with Crippen LogP contribution < -0.4 is 15.8 Å². The van der Waals surface area contributed by atoms with Crippen molar-refractivity contribution in [2.45, 2.75) is 25.9 Å². The lowest BCUT2D eigenvalue weighted by Gasteiger charge is -2.34. The third-order valence-electron chi connectivity index (χ3n) is 6.27. The number of aromatic nitrogens is 2. The topological polar surface area (TPSA) is 67.2 Å². The van der Waals surface area contributed by atoms with Crippen LogP contribution in [0.15, 0.2) is 64.8 Å². The minimum Gasteiger partial charge on any atom is -0.352 e. The maximum Gasteiger partial charge on any atom is 0.273 e. The molecule has 2 aromatic carbocycles. The molecular formula is C26H24F2N4O2S. The molecule has 4 aromatic rings. The maximum absolute atomic E-state index is 13.9. The number of hydrogen-bond acceptors (Lipinski definition) is 5. The van der Waals surface area contributed by atoms with Gasteiger partial charge in [0.2, 0.25) is 11.9 Å². The van der Waals surface area contributed by atoms with Crippen LogP contribution in [0.4, 0.5) is 14.7 Å². The van der Waals surface area contributed by atoms with Gasteiger partial charge in [0.15, 0.2) is 0 Å². The summed E-state index contributed by atoms with van der Waals surface area (Å²) in [5.74, 6) is -1.34. The zero-order valence-corrected chi connectivity index (χ0v) is 19.7. The Balaban J connectivity index is 1.38. The van der Waals surface area contributed by atoms with Crippen molar-refractivity contribution in [3.8, 4) is 0 Å². The lowest BCUT2D eigenvalue weighted by atomic mass is 9.97. The first-order valence-corrected chi connectivity index (χ1v) is 12.4. The van der Waals surface area contributed by atoms with Gasteiger partial charge >= 0.3 is 0 Å². The number of carbonyl (C=O) groups is 1. The van der Waals surface area contributed by atoms with Gasteiger partial charge in [0, 0.05) is 31.3 Å². The van der Waals surface area contributed by atoms with Gasteiger partial charge in [0.1, 0.15) is 16.3 Å². The summed E-state index contributed by atoms with van der Waals surface area (Å²) in [4.78, 5) is 33.1. The molecule has 1 saturated heterocycles. The molecule has 1 fully saturated rings. The van der Waals surface area contributed by atoms with Gasteiger partial charge in [-0.1, -0.05) is 36.4 Å². The summed E-state index contributed by atoms with van der Waals surface area (Å²) in [6.45, 7) is 1.44. The number of piperidine rings is 1. The molecule has 180 valence electrons. The molecule has 1 aliphatic rings. The van der Waals surface area contributed by atoms with Crippen LogP contribution in [0.5, 0.6) is 0 Å². The number of anilines is 1. The molecule has 2 aromatic heterocycles. The Hall–Kier alpha value is -3.59. The van der Waals surface area contributed by atoms with Gasteiger partial charge in [0.25, 0.3) is 5.56 Å². The third kappa shape index (κ3) is 4.95. The van der Waals surface area contributed by atoms with Crippen molar-refractivity contribution in [2.24, 2.45) is 5.92 Å². The Bertz CT molecular complexity index is 1420. The van der Waals surface area contributed by atoms with E-state index in [4.69, 9.17) is 4.98 Å². The van der Waals surface area contributed by atoms with Crippen LogP contribution >= 0.6 is 11.3 Å². The minimum atomic E-state index is -0.686. The number of hydrogen-bond donors (Lipinski definition) is 1. The molecule has 1 amide bonds. The molecule has 0 saturated carbocycles. The fourth-order valence-corrected chi connectivity index (χ4v) is 5.22. The number of rotatable bonds is 6. The van der Waals surface area contributed by atoms with Gasteiger partial charge in [-0.05, 0) is 35.9 Å². The van der Waals surface area contributed by atoms with Gasteiger partial charge in [0.05, 0.1) is 18.0 Å². The second-order valence-electron chi connectivity index (χ2n) is 8.66. The first kappa shape index (κ1) is 23.2. The van der Waals surface area contributed by atoms with Gasteiger partial charge < -0.3 is 10.2 Å². The van der Waals surface area contributed by atoms with Crippen LogP contribution in [0.25, 0.3) is 10.2 Å². The van der Waals surface area contributed by atoms with Crippen LogP contribution in [-0.4, -0.2) is 28.5 Å². The Morgan fingerprint density at radius 2 is 1.97 bits per heavy atom. The van der Waals surface area contributed by atoms with Crippen LogP contribution in [0, 0.1) is 17.6 Å². The van der Waals surface area contributed by atoms with Crippen molar-refractivity contribution in [3.63, 3.8) is 0 Å². The number of thiophene rings is 1. The molecule has 6 nitrogen and oxygen atoms in total. The quantitative estimate of drug-likeness (QED) is 0.434. The molecule has 9 heteroatoms. The summed E-state index contributed by atoms with van der Waals surface area (Å²) in [5.41, 5.74) is 1.77. The predicted molar refractivity (Wildman–Crippen MR) is 133 cm³/mol. The Morgan fingerprint density at radius 1 is 1.14 bits per heavy atom.